The van der Waals surface area contributed by atoms with Crippen LogP contribution in [0.1, 0.15) is 31.4 Å². The Morgan fingerprint density at radius 3 is 2.71 bits per heavy atom. The van der Waals surface area contributed by atoms with Gasteiger partial charge in [0, 0.05) is 18.9 Å². The lowest BCUT2D eigenvalue weighted by Crippen LogP contribution is -2.27. The van der Waals surface area contributed by atoms with Gasteiger partial charge >= 0.3 is 0 Å². The molecule has 7 heteroatoms. The first-order valence-corrected chi connectivity index (χ1v) is 8.19. The van der Waals surface area contributed by atoms with Crippen LogP contribution in [0.15, 0.2) is 39.9 Å². The molecule has 0 aromatic carbocycles. The normalized spacial score (nSPS) is 13.1. The summed E-state index contributed by atoms with van der Waals surface area (Å²) in [5.74, 6) is 1.32. The van der Waals surface area contributed by atoms with Gasteiger partial charge in [-0.15, -0.1) is 0 Å². The monoisotopic (exact) mass is 309 g/mol. The van der Waals surface area contributed by atoms with Crippen LogP contribution in [0, 0.1) is 6.92 Å². The van der Waals surface area contributed by atoms with Gasteiger partial charge in [-0.2, -0.15) is 0 Å². The summed E-state index contributed by atoms with van der Waals surface area (Å²) in [5.41, 5.74) is 0.530. The molecule has 0 saturated heterocycles. The molecule has 1 atom stereocenters. The van der Waals surface area contributed by atoms with E-state index in [4.69, 9.17) is 4.42 Å². The molecule has 0 aliphatic heterocycles. The van der Waals surface area contributed by atoms with E-state index in [-0.39, 0.29) is 4.90 Å². The Morgan fingerprint density at radius 2 is 2.10 bits per heavy atom. The first-order chi connectivity index (χ1) is 9.94. The number of anilines is 1. The van der Waals surface area contributed by atoms with Gasteiger partial charge in [0.15, 0.2) is 0 Å². The zero-order valence-corrected chi connectivity index (χ0v) is 13.1. The lowest BCUT2D eigenvalue weighted by Gasteiger charge is -2.15. The van der Waals surface area contributed by atoms with Crippen molar-refractivity contribution in [2.45, 2.75) is 31.7 Å². The van der Waals surface area contributed by atoms with Crippen LogP contribution >= 0.6 is 0 Å². The van der Waals surface area contributed by atoms with E-state index in [1.807, 2.05) is 13.8 Å². The van der Waals surface area contributed by atoms with Gasteiger partial charge in [0.05, 0.1) is 11.7 Å². The van der Waals surface area contributed by atoms with Crippen molar-refractivity contribution >= 4 is 15.7 Å². The maximum absolute atomic E-state index is 12.5. The fourth-order valence-corrected chi connectivity index (χ4v) is 3.31. The van der Waals surface area contributed by atoms with Crippen LogP contribution in [0.4, 0.5) is 5.69 Å². The van der Waals surface area contributed by atoms with Crippen LogP contribution in [0.25, 0.3) is 0 Å². The largest absolute Gasteiger partial charge is 0.465 e. The molecule has 2 aromatic heterocycles. The summed E-state index contributed by atoms with van der Waals surface area (Å²) in [5, 5.41) is 3.02. The van der Waals surface area contributed by atoms with Gasteiger partial charge in [-0.25, -0.2) is 13.1 Å². The second-order valence-corrected chi connectivity index (χ2v) is 6.38. The number of pyridine rings is 1. The zero-order chi connectivity index (χ0) is 15.5. The summed E-state index contributed by atoms with van der Waals surface area (Å²) in [6.45, 7) is 6.08. The Labute approximate surface area is 124 Å². The summed E-state index contributed by atoms with van der Waals surface area (Å²) in [7, 11) is -3.69. The molecule has 0 radical (unpaired) electrons. The quantitative estimate of drug-likeness (QED) is 0.856. The molecule has 2 heterocycles. The standard InChI is InChI=1S/C14H19N3O3S/c1-4-16-12-7-8-15-9-14(12)21(18,19)17-11(3)13-6-5-10(2)20-13/h5-9,11,17H,4H2,1-3H3,(H,15,16). The molecule has 0 bridgehead atoms. The van der Waals surface area contributed by atoms with Crippen molar-refractivity contribution in [2.75, 3.05) is 11.9 Å². The third kappa shape index (κ3) is 3.62. The Kier molecular flexibility index (Phi) is 4.64. The van der Waals surface area contributed by atoms with E-state index in [2.05, 4.69) is 15.0 Å². The van der Waals surface area contributed by atoms with E-state index in [9.17, 15) is 8.42 Å². The van der Waals surface area contributed by atoms with Gasteiger partial charge in [-0.05, 0) is 39.0 Å². The second kappa shape index (κ2) is 6.28. The molecule has 0 saturated carbocycles. The minimum Gasteiger partial charge on any atom is -0.465 e. The van der Waals surface area contributed by atoms with Crippen LogP contribution < -0.4 is 10.0 Å². The van der Waals surface area contributed by atoms with Gasteiger partial charge in [0.2, 0.25) is 10.0 Å². The van der Waals surface area contributed by atoms with Crippen LogP contribution in [0.5, 0.6) is 0 Å². The predicted molar refractivity (Wildman–Crippen MR) is 80.6 cm³/mol. The first kappa shape index (κ1) is 15.5. The number of furan rings is 1. The lowest BCUT2D eigenvalue weighted by molar-refractivity contribution is 0.441. The molecule has 0 spiro atoms. The molecule has 0 aliphatic carbocycles. The lowest BCUT2D eigenvalue weighted by atomic mass is 10.3. The summed E-state index contributed by atoms with van der Waals surface area (Å²) < 4.78 is 33.0. The number of sulfonamides is 1. The summed E-state index contributed by atoms with van der Waals surface area (Å²) in [6, 6.07) is 4.74. The van der Waals surface area contributed by atoms with Crippen molar-refractivity contribution in [3.05, 3.63) is 42.1 Å². The molecular weight excluding hydrogens is 290 g/mol. The first-order valence-electron chi connectivity index (χ1n) is 6.70. The minimum absolute atomic E-state index is 0.127. The van der Waals surface area contributed by atoms with Crippen LogP contribution in [0.2, 0.25) is 0 Å². The van der Waals surface area contributed by atoms with E-state index in [0.29, 0.717) is 18.0 Å². The third-order valence-corrected chi connectivity index (χ3v) is 4.53. The average Bonchev–Trinajstić information content (AvgIpc) is 2.86. The maximum atomic E-state index is 12.5. The highest BCUT2D eigenvalue weighted by molar-refractivity contribution is 7.89. The highest BCUT2D eigenvalue weighted by Crippen LogP contribution is 2.23. The average molecular weight is 309 g/mol. The number of rotatable bonds is 6. The van der Waals surface area contributed by atoms with Crippen LogP contribution in [0.3, 0.4) is 0 Å². The Morgan fingerprint density at radius 1 is 1.33 bits per heavy atom. The molecule has 1 unspecified atom stereocenters. The van der Waals surface area contributed by atoms with E-state index in [1.54, 1.807) is 31.3 Å². The number of hydrogen-bond acceptors (Lipinski definition) is 5. The van der Waals surface area contributed by atoms with Gasteiger partial charge in [0.1, 0.15) is 16.4 Å². The smallest absolute Gasteiger partial charge is 0.244 e. The molecule has 0 fully saturated rings. The summed E-state index contributed by atoms with van der Waals surface area (Å²) in [6.07, 6.45) is 2.89. The van der Waals surface area contributed by atoms with Gasteiger partial charge in [-0.3, -0.25) is 4.98 Å². The van der Waals surface area contributed by atoms with Crippen molar-refractivity contribution in [1.29, 1.82) is 0 Å². The Hall–Kier alpha value is -1.86. The van der Waals surface area contributed by atoms with Gasteiger partial charge < -0.3 is 9.73 Å². The maximum Gasteiger partial charge on any atom is 0.244 e. The van der Waals surface area contributed by atoms with Gasteiger partial charge in [-0.1, -0.05) is 0 Å². The van der Waals surface area contributed by atoms with E-state index >= 15 is 0 Å². The zero-order valence-electron chi connectivity index (χ0n) is 12.3. The summed E-state index contributed by atoms with van der Waals surface area (Å²) in [4.78, 5) is 4.02. The molecule has 0 amide bonds. The van der Waals surface area contributed by atoms with Gasteiger partial charge in [0.25, 0.3) is 0 Å². The van der Waals surface area contributed by atoms with Crippen molar-refractivity contribution in [2.24, 2.45) is 0 Å². The number of aryl methyl sites for hydroxylation is 1. The Balaban J connectivity index is 2.26. The second-order valence-electron chi connectivity index (χ2n) is 4.69. The van der Waals surface area contributed by atoms with E-state index in [0.717, 1.165) is 5.76 Å². The molecule has 2 aromatic rings. The van der Waals surface area contributed by atoms with Crippen molar-refractivity contribution in [1.82, 2.24) is 9.71 Å². The fraction of sp³-hybridized carbons (Fsp3) is 0.357. The third-order valence-electron chi connectivity index (χ3n) is 2.96. The fourth-order valence-electron chi connectivity index (χ4n) is 1.97. The van der Waals surface area contributed by atoms with Crippen LogP contribution in [-0.4, -0.2) is 19.9 Å². The number of hydrogen-bond donors (Lipinski definition) is 2. The van der Waals surface area contributed by atoms with Crippen molar-refractivity contribution < 1.29 is 12.8 Å². The highest BCUT2D eigenvalue weighted by Gasteiger charge is 2.23. The van der Waals surface area contributed by atoms with Crippen molar-refractivity contribution in [3.8, 4) is 0 Å². The molecular formula is C14H19N3O3S. The topological polar surface area (TPSA) is 84.2 Å². The molecule has 2 rings (SSSR count). The number of nitrogens with one attached hydrogen (secondary N) is 2. The molecule has 6 nitrogen and oxygen atoms in total. The van der Waals surface area contributed by atoms with E-state index in [1.165, 1.54) is 6.20 Å². The molecule has 0 aliphatic rings. The van der Waals surface area contributed by atoms with E-state index < -0.39 is 16.1 Å². The highest BCUT2D eigenvalue weighted by atomic mass is 32.2. The summed E-state index contributed by atoms with van der Waals surface area (Å²) >= 11 is 0. The minimum atomic E-state index is -3.69. The SMILES string of the molecule is CCNc1ccncc1S(=O)(=O)NC(C)c1ccc(C)o1. The molecule has 2 N–H and O–H groups in total. The molecule has 114 valence electrons. The predicted octanol–water partition coefficient (Wildman–Crippen LogP) is 2.45. The van der Waals surface area contributed by atoms with Crippen molar-refractivity contribution in [3.63, 3.8) is 0 Å². The Bertz CT molecular complexity index is 710. The molecule has 21 heavy (non-hydrogen) atoms. The number of nitrogens with zero attached hydrogens (tertiary/aromatic N) is 1. The number of aromatic nitrogens is 1. The van der Waals surface area contributed by atoms with Crippen LogP contribution in [-0.2, 0) is 10.0 Å².